The third-order valence-electron chi connectivity index (χ3n) is 2.48. The maximum atomic E-state index is 13.7. The summed E-state index contributed by atoms with van der Waals surface area (Å²) in [6, 6.07) is 7.91. The molecule has 0 bridgehead atoms. The molecule has 0 atom stereocenters. The van der Waals surface area contributed by atoms with Crippen LogP contribution in [0.2, 0.25) is 0 Å². The zero-order valence-electron chi connectivity index (χ0n) is 11.0. The van der Waals surface area contributed by atoms with E-state index in [1.54, 1.807) is 0 Å². The van der Waals surface area contributed by atoms with Gasteiger partial charge >= 0.3 is 0 Å². The number of rotatable bonds is 5. The lowest BCUT2D eigenvalue weighted by Gasteiger charge is -2.06. The molecular weight excluding hydrogens is 261 g/mol. The van der Waals surface area contributed by atoms with E-state index >= 15 is 0 Å². The molecule has 0 unspecified atom stereocenters. The maximum absolute atomic E-state index is 13.7. The molecular formula is C14H16FN3S. The van der Waals surface area contributed by atoms with Gasteiger partial charge in [-0.3, -0.25) is 0 Å². The fourth-order valence-corrected chi connectivity index (χ4v) is 2.24. The molecule has 1 heterocycles. The number of anilines is 1. The minimum atomic E-state index is -0.396. The average Bonchev–Trinajstić information content (AvgIpc) is 2.42. The molecule has 5 heteroatoms. The van der Waals surface area contributed by atoms with E-state index in [2.05, 4.69) is 22.2 Å². The van der Waals surface area contributed by atoms with Crippen molar-refractivity contribution in [3.05, 3.63) is 41.8 Å². The van der Waals surface area contributed by atoms with E-state index in [4.69, 9.17) is 0 Å². The van der Waals surface area contributed by atoms with Gasteiger partial charge in [0.1, 0.15) is 5.03 Å². The van der Waals surface area contributed by atoms with Gasteiger partial charge in [-0.05, 0) is 25.5 Å². The van der Waals surface area contributed by atoms with Gasteiger partial charge in [0.25, 0.3) is 0 Å². The minimum absolute atomic E-state index is 0.345. The summed E-state index contributed by atoms with van der Waals surface area (Å²) in [5, 5.41) is 3.40. The van der Waals surface area contributed by atoms with Crippen LogP contribution in [-0.4, -0.2) is 16.5 Å². The van der Waals surface area contributed by atoms with Crippen LogP contribution in [0.4, 0.5) is 10.3 Å². The van der Waals surface area contributed by atoms with Crippen LogP contribution in [0, 0.1) is 12.7 Å². The number of aromatic nitrogens is 2. The Labute approximate surface area is 116 Å². The highest BCUT2D eigenvalue weighted by Gasteiger charge is 2.08. The number of benzene rings is 1. The predicted molar refractivity (Wildman–Crippen MR) is 76.1 cm³/mol. The first kappa shape index (κ1) is 13.8. The van der Waals surface area contributed by atoms with E-state index < -0.39 is 5.82 Å². The highest BCUT2D eigenvalue weighted by atomic mass is 32.2. The largest absolute Gasteiger partial charge is 0.354 e. The fraction of sp³-hybridized carbons (Fsp3) is 0.286. The molecule has 1 aromatic heterocycles. The van der Waals surface area contributed by atoms with E-state index in [1.165, 1.54) is 23.5 Å². The normalized spacial score (nSPS) is 10.5. The van der Waals surface area contributed by atoms with Crippen LogP contribution >= 0.6 is 11.8 Å². The summed E-state index contributed by atoms with van der Waals surface area (Å²) in [6.07, 6.45) is 2.18. The lowest BCUT2D eigenvalue weighted by atomic mass is 10.2. The Hall–Kier alpha value is -1.62. The van der Waals surface area contributed by atoms with Gasteiger partial charge in [0.2, 0.25) is 5.95 Å². The van der Waals surface area contributed by atoms with E-state index in [0.29, 0.717) is 11.0 Å². The monoisotopic (exact) mass is 277 g/mol. The molecule has 0 aliphatic heterocycles. The number of hydrogen-bond acceptors (Lipinski definition) is 4. The van der Waals surface area contributed by atoms with Crippen molar-refractivity contribution in [2.45, 2.75) is 30.2 Å². The van der Waals surface area contributed by atoms with Crippen LogP contribution in [0.15, 0.2) is 40.4 Å². The van der Waals surface area contributed by atoms with Gasteiger partial charge in [-0.1, -0.05) is 36.4 Å². The summed E-state index contributed by atoms with van der Waals surface area (Å²) in [6.45, 7) is 4.85. The average molecular weight is 277 g/mol. The topological polar surface area (TPSA) is 37.8 Å². The van der Waals surface area contributed by atoms with Crippen molar-refractivity contribution in [2.75, 3.05) is 11.9 Å². The molecule has 0 spiro atoms. The quantitative estimate of drug-likeness (QED) is 0.841. The lowest BCUT2D eigenvalue weighted by molar-refractivity contribution is 0.580. The van der Waals surface area contributed by atoms with E-state index in [9.17, 15) is 4.39 Å². The van der Waals surface area contributed by atoms with Gasteiger partial charge in [-0.25, -0.2) is 14.4 Å². The van der Waals surface area contributed by atoms with Gasteiger partial charge in [-0.2, -0.15) is 0 Å². The molecule has 19 heavy (non-hydrogen) atoms. The molecule has 1 aromatic carbocycles. The second-order valence-corrected chi connectivity index (χ2v) is 5.25. The molecule has 0 fully saturated rings. The predicted octanol–water partition coefficient (Wildman–Crippen LogP) is 3.90. The van der Waals surface area contributed by atoms with Crippen molar-refractivity contribution < 1.29 is 4.39 Å². The molecule has 0 aliphatic rings. The Kier molecular flexibility index (Phi) is 4.74. The second-order valence-electron chi connectivity index (χ2n) is 4.19. The van der Waals surface area contributed by atoms with E-state index in [0.717, 1.165) is 17.9 Å². The minimum Gasteiger partial charge on any atom is -0.354 e. The summed E-state index contributed by atoms with van der Waals surface area (Å²) >= 11 is 1.30. The SMILES string of the molecule is CCCNc1ncc(F)c(Sc2ccc(C)cc2)n1. The highest BCUT2D eigenvalue weighted by Crippen LogP contribution is 2.28. The molecule has 0 radical (unpaired) electrons. The molecule has 100 valence electrons. The van der Waals surface area contributed by atoms with E-state index in [1.807, 2.05) is 31.2 Å². The molecule has 3 nitrogen and oxygen atoms in total. The Morgan fingerprint density at radius 2 is 2.00 bits per heavy atom. The molecule has 0 saturated heterocycles. The van der Waals surface area contributed by atoms with Crippen LogP contribution in [0.1, 0.15) is 18.9 Å². The third-order valence-corrected chi connectivity index (χ3v) is 3.47. The third kappa shape index (κ3) is 3.92. The van der Waals surface area contributed by atoms with Crippen molar-refractivity contribution in [2.24, 2.45) is 0 Å². The summed E-state index contributed by atoms with van der Waals surface area (Å²) in [5.74, 6) is 0.0745. The Morgan fingerprint density at radius 1 is 1.26 bits per heavy atom. The van der Waals surface area contributed by atoms with Crippen LogP contribution in [-0.2, 0) is 0 Å². The van der Waals surface area contributed by atoms with Crippen molar-refractivity contribution in [1.82, 2.24) is 9.97 Å². The molecule has 0 saturated carbocycles. The van der Waals surface area contributed by atoms with Crippen molar-refractivity contribution >= 4 is 17.7 Å². The molecule has 1 N–H and O–H groups in total. The van der Waals surface area contributed by atoms with Crippen LogP contribution in [0.5, 0.6) is 0 Å². The van der Waals surface area contributed by atoms with Gasteiger partial charge in [0.15, 0.2) is 5.82 Å². The van der Waals surface area contributed by atoms with Crippen molar-refractivity contribution in [3.8, 4) is 0 Å². The molecule has 0 aliphatic carbocycles. The molecule has 2 aromatic rings. The zero-order valence-corrected chi connectivity index (χ0v) is 11.8. The first-order chi connectivity index (χ1) is 9.19. The summed E-state index contributed by atoms with van der Waals surface area (Å²) in [7, 11) is 0. The van der Waals surface area contributed by atoms with Crippen molar-refractivity contribution in [1.29, 1.82) is 0 Å². The standard InChI is InChI=1S/C14H16FN3S/c1-3-8-16-14-17-9-12(15)13(18-14)19-11-6-4-10(2)5-7-11/h4-7,9H,3,8H2,1-2H3,(H,16,17,18). The fourth-order valence-electron chi connectivity index (χ4n) is 1.46. The Bertz CT molecular complexity index is 543. The number of halogens is 1. The zero-order chi connectivity index (χ0) is 13.7. The summed E-state index contributed by atoms with van der Waals surface area (Å²) < 4.78 is 13.7. The smallest absolute Gasteiger partial charge is 0.223 e. The number of nitrogens with zero attached hydrogens (tertiary/aromatic N) is 2. The van der Waals surface area contributed by atoms with Gasteiger partial charge in [-0.15, -0.1) is 0 Å². The Morgan fingerprint density at radius 3 is 2.68 bits per heavy atom. The van der Waals surface area contributed by atoms with Gasteiger partial charge in [0, 0.05) is 11.4 Å². The summed E-state index contributed by atoms with van der Waals surface area (Å²) in [4.78, 5) is 9.08. The van der Waals surface area contributed by atoms with E-state index in [-0.39, 0.29) is 0 Å². The van der Waals surface area contributed by atoms with Crippen LogP contribution in [0.3, 0.4) is 0 Å². The number of hydrogen-bond donors (Lipinski definition) is 1. The lowest BCUT2D eigenvalue weighted by Crippen LogP contribution is -2.05. The van der Waals surface area contributed by atoms with Crippen LogP contribution in [0.25, 0.3) is 0 Å². The van der Waals surface area contributed by atoms with Gasteiger partial charge < -0.3 is 5.32 Å². The maximum Gasteiger partial charge on any atom is 0.223 e. The summed E-state index contributed by atoms with van der Waals surface area (Å²) in [5.41, 5.74) is 1.18. The van der Waals surface area contributed by atoms with Crippen LogP contribution < -0.4 is 5.32 Å². The first-order valence-electron chi connectivity index (χ1n) is 6.20. The van der Waals surface area contributed by atoms with Crippen molar-refractivity contribution in [3.63, 3.8) is 0 Å². The Balaban J connectivity index is 2.16. The highest BCUT2D eigenvalue weighted by molar-refractivity contribution is 7.99. The number of nitrogens with one attached hydrogen (secondary N) is 1. The molecule has 2 rings (SSSR count). The number of aryl methyl sites for hydroxylation is 1. The molecule has 0 amide bonds. The first-order valence-corrected chi connectivity index (χ1v) is 7.01. The second kappa shape index (κ2) is 6.52. The van der Waals surface area contributed by atoms with Gasteiger partial charge in [0.05, 0.1) is 6.20 Å².